The van der Waals surface area contributed by atoms with E-state index in [1.807, 2.05) is 30.3 Å². The van der Waals surface area contributed by atoms with Crippen molar-refractivity contribution in [3.63, 3.8) is 0 Å². The predicted molar refractivity (Wildman–Crippen MR) is 108 cm³/mol. The monoisotopic (exact) mass is 389 g/mol. The zero-order valence-electron chi connectivity index (χ0n) is 14.6. The standard InChI is InChI=1S/C20H15N5O2S/c21-9-12-14(13-7-4-8-27-13)15-16(22)17(28-20(15)25-18(12)23)19(26)24-10-11-5-2-1-3-6-11/h1-8H,10,22H2,(H2,23,25)(H,24,26). The number of amides is 1. The highest BCUT2D eigenvalue weighted by Crippen LogP contribution is 2.42. The maximum atomic E-state index is 12.7. The van der Waals surface area contributed by atoms with Crippen LogP contribution in [0, 0.1) is 11.3 Å². The smallest absolute Gasteiger partial charge is 0.263 e. The van der Waals surface area contributed by atoms with E-state index in [1.54, 1.807) is 12.1 Å². The minimum absolute atomic E-state index is 0.0684. The summed E-state index contributed by atoms with van der Waals surface area (Å²) in [6.45, 7) is 0.372. The number of benzene rings is 1. The number of rotatable bonds is 4. The Bertz CT molecular complexity index is 1210. The Morgan fingerprint density at radius 3 is 2.68 bits per heavy atom. The molecule has 0 saturated heterocycles. The molecular weight excluding hydrogens is 374 g/mol. The molecule has 0 radical (unpaired) electrons. The fourth-order valence-electron chi connectivity index (χ4n) is 2.98. The number of nitrogen functional groups attached to an aromatic ring is 2. The van der Waals surface area contributed by atoms with E-state index < -0.39 is 0 Å². The van der Waals surface area contributed by atoms with Gasteiger partial charge in [-0.25, -0.2) is 4.98 Å². The summed E-state index contributed by atoms with van der Waals surface area (Å²) in [4.78, 5) is 17.8. The Morgan fingerprint density at radius 1 is 1.21 bits per heavy atom. The lowest BCUT2D eigenvalue weighted by molar-refractivity contribution is 0.0956. The van der Waals surface area contributed by atoms with Crippen LogP contribution in [-0.4, -0.2) is 10.9 Å². The zero-order chi connectivity index (χ0) is 19.7. The lowest BCUT2D eigenvalue weighted by Gasteiger charge is -2.07. The quantitative estimate of drug-likeness (QED) is 0.489. The molecule has 3 heterocycles. The molecular formula is C20H15N5O2S. The minimum Gasteiger partial charge on any atom is -0.464 e. The van der Waals surface area contributed by atoms with Crippen molar-refractivity contribution in [3.05, 3.63) is 64.7 Å². The van der Waals surface area contributed by atoms with Crippen LogP contribution in [0.5, 0.6) is 0 Å². The first-order valence-corrected chi connectivity index (χ1v) is 9.19. The maximum Gasteiger partial charge on any atom is 0.263 e. The molecule has 0 spiro atoms. The summed E-state index contributed by atoms with van der Waals surface area (Å²) >= 11 is 1.13. The molecule has 4 aromatic rings. The summed E-state index contributed by atoms with van der Waals surface area (Å²) in [5.74, 6) is 0.196. The molecule has 28 heavy (non-hydrogen) atoms. The van der Waals surface area contributed by atoms with Crippen molar-refractivity contribution in [2.75, 3.05) is 11.5 Å². The molecule has 4 rings (SSSR count). The van der Waals surface area contributed by atoms with Crippen LogP contribution in [0.4, 0.5) is 11.5 Å². The number of carbonyl (C=O) groups is 1. The van der Waals surface area contributed by atoms with E-state index in [0.717, 1.165) is 16.9 Å². The molecule has 138 valence electrons. The fraction of sp³-hybridized carbons (Fsp3) is 0.0500. The number of thiophene rings is 1. The molecule has 0 aliphatic rings. The molecule has 8 heteroatoms. The maximum absolute atomic E-state index is 12.7. The highest BCUT2D eigenvalue weighted by molar-refractivity contribution is 7.21. The third kappa shape index (κ3) is 2.94. The van der Waals surface area contributed by atoms with Crippen LogP contribution in [0.2, 0.25) is 0 Å². The van der Waals surface area contributed by atoms with Gasteiger partial charge in [0.05, 0.1) is 17.5 Å². The second-order valence-electron chi connectivity index (χ2n) is 6.03. The van der Waals surface area contributed by atoms with Gasteiger partial charge in [-0.1, -0.05) is 30.3 Å². The first-order valence-electron chi connectivity index (χ1n) is 8.37. The second-order valence-corrected chi connectivity index (χ2v) is 7.03. The first-order chi connectivity index (χ1) is 13.6. The number of hydrogen-bond acceptors (Lipinski definition) is 7. The van der Waals surface area contributed by atoms with Gasteiger partial charge in [0.2, 0.25) is 0 Å². The van der Waals surface area contributed by atoms with Crippen molar-refractivity contribution >= 4 is 39.0 Å². The van der Waals surface area contributed by atoms with Crippen molar-refractivity contribution in [2.24, 2.45) is 0 Å². The molecule has 1 amide bonds. The largest absolute Gasteiger partial charge is 0.464 e. The topological polar surface area (TPSA) is 131 Å². The van der Waals surface area contributed by atoms with Gasteiger partial charge in [-0.3, -0.25) is 4.79 Å². The summed E-state index contributed by atoms with van der Waals surface area (Å²) in [7, 11) is 0. The number of nitrogens with one attached hydrogen (secondary N) is 1. The second kappa shape index (κ2) is 7.06. The van der Waals surface area contributed by atoms with Crippen molar-refractivity contribution in [3.8, 4) is 17.4 Å². The SMILES string of the molecule is N#Cc1c(N)nc2sc(C(=O)NCc3ccccc3)c(N)c2c1-c1ccco1. The van der Waals surface area contributed by atoms with Gasteiger partial charge < -0.3 is 21.2 Å². The number of nitriles is 1. The van der Waals surface area contributed by atoms with Crippen LogP contribution in [0.3, 0.4) is 0 Å². The number of pyridine rings is 1. The van der Waals surface area contributed by atoms with Gasteiger partial charge in [0.25, 0.3) is 5.91 Å². The highest BCUT2D eigenvalue weighted by Gasteiger charge is 2.25. The van der Waals surface area contributed by atoms with Crippen molar-refractivity contribution in [2.45, 2.75) is 6.54 Å². The number of furan rings is 1. The molecule has 5 N–H and O–H groups in total. The molecule has 0 saturated carbocycles. The van der Waals surface area contributed by atoms with E-state index in [0.29, 0.717) is 33.0 Å². The Labute approximate surface area is 164 Å². The number of nitrogens with zero attached hydrogens (tertiary/aromatic N) is 2. The Hall–Kier alpha value is -3.83. The van der Waals surface area contributed by atoms with Gasteiger partial charge in [-0.2, -0.15) is 5.26 Å². The van der Waals surface area contributed by atoms with E-state index in [2.05, 4.69) is 16.4 Å². The predicted octanol–water partition coefficient (Wildman–Crippen LogP) is 3.52. The summed E-state index contributed by atoms with van der Waals surface area (Å²) in [5.41, 5.74) is 14.1. The Morgan fingerprint density at radius 2 is 2.00 bits per heavy atom. The third-order valence-corrected chi connectivity index (χ3v) is 5.38. The van der Waals surface area contributed by atoms with Crippen LogP contribution >= 0.6 is 11.3 Å². The van der Waals surface area contributed by atoms with Gasteiger partial charge in [0.1, 0.15) is 32.9 Å². The Kier molecular flexibility index (Phi) is 4.43. The van der Waals surface area contributed by atoms with Crippen molar-refractivity contribution in [1.29, 1.82) is 5.26 Å². The van der Waals surface area contributed by atoms with E-state index in [1.165, 1.54) is 6.26 Å². The molecule has 0 fully saturated rings. The molecule has 0 aliphatic heterocycles. The average molecular weight is 389 g/mol. The van der Waals surface area contributed by atoms with E-state index in [-0.39, 0.29) is 23.0 Å². The van der Waals surface area contributed by atoms with E-state index in [4.69, 9.17) is 15.9 Å². The number of nitrogens with two attached hydrogens (primary N) is 2. The van der Waals surface area contributed by atoms with Crippen LogP contribution in [0.1, 0.15) is 20.8 Å². The summed E-state index contributed by atoms with van der Waals surface area (Å²) in [5, 5.41) is 12.9. The molecule has 1 aromatic carbocycles. The lowest BCUT2D eigenvalue weighted by Crippen LogP contribution is -2.22. The molecule has 0 aliphatic carbocycles. The molecule has 0 bridgehead atoms. The normalized spacial score (nSPS) is 10.7. The number of hydrogen-bond donors (Lipinski definition) is 3. The minimum atomic E-state index is -0.313. The fourth-order valence-corrected chi connectivity index (χ4v) is 4.01. The lowest BCUT2D eigenvalue weighted by atomic mass is 10.0. The number of anilines is 2. The van der Waals surface area contributed by atoms with Gasteiger partial charge >= 0.3 is 0 Å². The third-order valence-electron chi connectivity index (χ3n) is 4.29. The van der Waals surface area contributed by atoms with Gasteiger partial charge in [-0.05, 0) is 17.7 Å². The summed E-state index contributed by atoms with van der Waals surface area (Å²) in [6, 6.07) is 15.0. The average Bonchev–Trinajstić information content (AvgIpc) is 3.34. The van der Waals surface area contributed by atoms with Crippen molar-refractivity contribution < 1.29 is 9.21 Å². The molecule has 0 atom stereocenters. The summed E-state index contributed by atoms with van der Waals surface area (Å²) in [6.07, 6.45) is 1.50. The molecule has 3 aromatic heterocycles. The Balaban J connectivity index is 1.80. The van der Waals surface area contributed by atoms with Gasteiger partial charge in [-0.15, -0.1) is 11.3 Å². The molecule has 7 nitrogen and oxygen atoms in total. The van der Waals surface area contributed by atoms with Crippen LogP contribution in [-0.2, 0) is 6.54 Å². The number of aromatic nitrogens is 1. The van der Waals surface area contributed by atoms with E-state index in [9.17, 15) is 10.1 Å². The summed E-state index contributed by atoms with van der Waals surface area (Å²) < 4.78 is 5.47. The van der Waals surface area contributed by atoms with Gasteiger partial charge in [0, 0.05) is 11.9 Å². The van der Waals surface area contributed by atoms with E-state index >= 15 is 0 Å². The molecule has 0 unspecified atom stereocenters. The van der Waals surface area contributed by atoms with Gasteiger partial charge in [0.15, 0.2) is 0 Å². The number of fused-ring (bicyclic) bond motifs is 1. The first kappa shape index (κ1) is 17.6. The highest BCUT2D eigenvalue weighted by atomic mass is 32.1. The van der Waals surface area contributed by atoms with Crippen LogP contribution < -0.4 is 16.8 Å². The van der Waals surface area contributed by atoms with Crippen molar-refractivity contribution in [1.82, 2.24) is 10.3 Å². The zero-order valence-corrected chi connectivity index (χ0v) is 15.4. The van der Waals surface area contributed by atoms with Crippen LogP contribution in [0.25, 0.3) is 21.5 Å². The van der Waals surface area contributed by atoms with Crippen LogP contribution in [0.15, 0.2) is 53.1 Å². The number of carbonyl (C=O) groups excluding carboxylic acids is 1.